The van der Waals surface area contributed by atoms with Gasteiger partial charge in [-0.3, -0.25) is 0 Å². The maximum absolute atomic E-state index is 13.1. The lowest BCUT2D eigenvalue weighted by molar-refractivity contribution is -0.137. The number of aromatic nitrogens is 4. The molecule has 0 aliphatic carbocycles. The molecule has 2 heterocycles. The number of methoxy groups -OCH3 is 1. The standard InChI is InChI=1S/C24H17F3N4O/c1-32-18-10-7-15(8-11-18)22-19(14-31(30-22)17-5-3-2-4-6-17)23-28-20-12-9-16(24(25,26)27)13-21(20)29-23/h2-14H,1H3,(H,28,29). The Morgan fingerprint density at radius 1 is 0.938 bits per heavy atom. The summed E-state index contributed by atoms with van der Waals surface area (Å²) in [5.41, 5.74) is 3.02. The van der Waals surface area contributed by atoms with Gasteiger partial charge in [0.25, 0.3) is 0 Å². The number of rotatable bonds is 4. The number of para-hydroxylation sites is 1. The highest BCUT2D eigenvalue weighted by molar-refractivity contribution is 5.84. The number of alkyl halides is 3. The van der Waals surface area contributed by atoms with E-state index in [1.165, 1.54) is 6.07 Å². The van der Waals surface area contributed by atoms with E-state index in [-0.39, 0.29) is 0 Å². The summed E-state index contributed by atoms with van der Waals surface area (Å²) >= 11 is 0. The molecule has 0 radical (unpaired) electrons. The van der Waals surface area contributed by atoms with Gasteiger partial charge in [0.2, 0.25) is 0 Å². The fraction of sp³-hybridized carbons (Fsp3) is 0.0833. The Morgan fingerprint density at radius 2 is 1.69 bits per heavy atom. The molecular formula is C24H17F3N4O. The molecule has 0 amide bonds. The van der Waals surface area contributed by atoms with E-state index < -0.39 is 11.7 Å². The number of nitrogens with zero attached hydrogens (tertiary/aromatic N) is 3. The Balaban J connectivity index is 1.67. The molecule has 0 saturated heterocycles. The second-order valence-electron chi connectivity index (χ2n) is 7.22. The van der Waals surface area contributed by atoms with Gasteiger partial charge in [-0.2, -0.15) is 18.3 Å². The second-order valence-corrected chi connectivity index (χ2v) is 7.22. The highest BCUT2D eigenvalue weighted by Crippen LogP contribution is 2.35. The minimum atomic E-state index is -4.42. The molecule has 1 N–H and O–H groups in total. The van der Waals surface area contributed by atoms with E-state index in [0.29, 0.717) is 33.9 Å². The van der Waals surface area contributed by atoms with Gasteiger partial charge in [-0.1, -0.05) is 18.2 Å². The van der Waals surface area contributed by atoms with Crippen molar-refractivity contribution < 1.29 is 17.9 Å². The largest absolute Gasteiger partial charge is 0.497 e. The van der Waals surface area contributed by atoms with E-state index in [0.717, 1.165) is 23.4 Å². The molecule has 8 heteroatoms. The maximum atomic E-state index is 13.1. The van der Waals surface area contributed by atoms with Gasteiger partial charge in [0.05, 0.1) is 35.0 Å². The fourth-order valence-electron chi connectivity index (χ4n) is 3.54. The van der Waals surface area contributed by atoms with Crippen molar-refractivity contribution in [3.63, 3.8) is 0 Å². The number of hydrogen-bond donors (Lipinski definition) is 1. The number of halogens is 3. The van der Waals surface area contributed by atoms with Crippen LogP contribution >= 0.6 is 0 Å². The molecule has 0 aliphatic rings. The molecule has 0 saturated carbocycles. The molecule has 5 rings (SSSR count). The van der Waals surface area contributed by atoms with Crippen LogP contribution < -0.4 is 4.74 Å². The van der Waals surface area contributed by atoms with Crippen molar-refractivity contribution in [2.45, 2.75) is 6.18 Å². The summed E-state index contributed by atoms with van der Waals surface area (Å²) < 4.78 is 46.3. The Labute approximate surface area is 181 Å². The smallest absolute Gasteiger partial charge is 0.416 e. The zero-order valence-corrected chi connectivity index (χ0v) is 16.9. The van der Waals surface area contributed by atoms with Gasteiger partial charge in [-0.25, -0.2) is 9.67 Å². The number of benzene rings is 3. The van der Waals surface area contributed by atoms with Crippen molar-refractivity contribution in [2.24, 2.45) is 0 Å². The van der Waals surface area contributed by atoms with Crippen LogP contribution in [0.5, 0.6) is 5.75 Å². The monoisotopic (exact) mass is 434 g/mol. The van der Waals surface area contributed by atoms with Gasteiger partial charge in [0, 0.05) is 11.8 Å². The lowest BCUT2D eigenvalue weighted by Gasteiger charge is -2.05. The van der Waals surface area contributed by atoms with Crippen molar-refractivity contribution in [3.8, 4) is 34.1 Å². The molecule has 0 unspecified atom stereocenters. The Bertz CT molecular complexity index is 1390. The first-order chi connectivity index (χ1) is 15.4. The fourth-order valence-corrected chi connectivity index (χ4v) is 3.54. The molecule has 0 bridgehead atoms. The van der Waals surface area contributed by atoms with E-state index >= 15 is 0 Å². The third-order valence-corrected chi connectivity index (χ3v) is 5.16. The van der Waals surface area contributed by atoms with Crippen LogP contribution in [0.4, 0.5) is 13.2 Å². The SMILES string of the molecule is COc1ccc(-c2nn(-c3ccccc3)cc2-c2nc3ccc(C(F)(F)F)cc3[nH]2)cc1. The molecule has 0 spiro atoms. The third kappa shape index (κ3) is 3.60. The topological polar surface area (TPSA) is 55.7 Å². The summed E-state index contributed by atoms with van der Waals surface area (Å²) in [6.07, 6.45) is -2.61. The number of ether oxygens (including phenoxy) is 1. The molecule has 32 heavy (non-hydrogen) atoms. The van der Waals surface area contributed by atoms with Crippen LogP contribution in [0.2, 0.25) is 0 Å². The summed E-state index contributed by atoms with van der Waals surface area (Å²) in [6, 6.07) is 20.4. The third-order valence-electron chi connectivity index (χ3n) is 5.16. The molecule has 0 aliphatic heterocycles. The van der Waals surface area contributed by atoms with Gasteiger partial charge in [-0.15, -0.1) is 0 Å². The van der Waals surface area contributed by atoms with Gasteiger partial charge in [0.15, 0.2) is 0 Å². The minimum Gasteiger partial charge on any atom is -0.497 e. The molecule has 5 nitrogen and oxygen atoms in total. The lowest BCUT2D eigenvalue weighted by atomic mass is 10.1. The second kappa shape index (κ2) is 7.56. The van der Waals surface area contributed by atoms with Gasteiger partial charge in [-0.05, 0) is 54.6 Å². The van der Waals surface area contributed by atoms with E-state index in [2.05, 4.69) is 9.97 Å². The molecule has 3 aromatic carbocycles. The van der Waals surface area contributed by atoms with Crippen molar-refractivity contribution in [3.05, 3.63) is 84.6 Å². The van der Waals surface area contributed by atoms with Crippen LogP contribution in [-0.2, 0) is 6.18 Å². The van der Waals surface area contributed by atoms with E-state index in [4.69, 9.17) is 9.84 Å². The number of aromatic amines is 1. The van der Waals surface area contributed by atoms with E-state index in [9.17, 15) is 13.2 Å². The quantitative estimate of drug-likeness (QED) is 0.371. The zero-order valence-electron chi connectivity index (χ0n) is 16.9. The highest BCUT2D eigenvalue weighted by atomic mass is 19.4. The van der Waals surface area contributed by atoms with E-state index in [1.807, 2.05) is 60.8 Å². The van der Waals surface area contributed by atoms with Crippen LogP contribution in [0.15, 0.2) is 79.0 Å². The molecule has 0 fully saturated rings. The van der Waals surface area contributed by atoms with Gasteiger partial charge >= 0.3 is 6.18 Å². The van der Waals surface area contributed by atoms with Crippen molar-refractivity contribution in [2.75, 3.05) is 7.11 Å². The molecule has 0 atom stereocenters. The maximum Gasteiger partial charge on any atom is 0.416 e. The molecule has 2 aromatic heterocycles. The van der Waals surface area contributed by atoms with Crippen molar-refractivity contribution >= 4 is 11.0 Å². The van der Waals surface area contributed by atoms with E-state index in [1.54, 1.807) is 11.8 Å². The first-order valence-corrected chi connectivity index (χ1v) is 9.79. The number of imidazole rings is 1. The number of nitrogens with one attached hydrogen (secondary N) is 1. The first kappa shape index (κ1) is 19.9. The number of fused-ring (bicyclic) bond motifs is 1. The van der Waals surface area contributed by atoms with Crippen LogP contribution in [0.25, 0.3) is 39.4 Å². The zero-order chi connectivity index (χ0) is 22.3. The predicted octanol–water partition coefficient (Wildman–Crippen LogP) is 6.11. The summed E-state index contributed by atoms with van der Waals surface area (Å²) in [5, 5.41) is 4.75. The van der Waals surface area contributed by atoms with Crippen LogP contribution in [0, 0.1) is 0 Å². The van der Waals surface area contributed by atoms with Gasteiger partial charge in [0.1, 0.15) is 17.3 Å². The summed E-state index contributed by atoms with van der Waals surface area (Å²) in [7, 11) is 1.59. The van der Waals surface area contributed by atoms with Crippen molar-refractivity contribution in [1.82, 2.24) is 19.7 Å². The predicted molar refractivity (Wildman–Crippen MR) is 116 cm³/mol. The van der Waals surface area contributed by atoms with Crippen LogP contribution in [-0.4, -0.2) is 26.9 Å². The molecule has 5 aromatic rings. The average molecular weight is 434 g/mol. The lowest BCUT2D eigenvalue weighted by Crippen LogP contribution is -2.04. The number of hydrogen-bond acceptors (Lipinski definition) is 3. The Kier molecular flexibility index (Phi) is 4.70. The minimum absolute atomic E-state index is 0.308. The average Bonchev–Trinajstić information content (AvgIpc) is 3.43. The Hall–Kier alpha value is -4.07. The summed E-state index contributed by atoms with van der Waals surface area (Å²) in [6.45, 7) is 0. The summed E-state index contributed by atoms with van der Waals surface area (Å²) in [5.74, 6) is 1.15. The highest BCUT2D eigenvalue weighted by Gasteiger charge is 2.31. The summed E-state index contributed by atoms with van der Waals surface area (Å²) in [4.78, 5) is 7.56. The van der Waals surface area contributed by atoms with Gasteiger partial charge < -0.3 is 9.72 Å². The Morgan fingerprint density at radius 3 is 2.38 bits per heavy atom. The first-order valence-electron chi connectivity index (χ1n) is 9.79. The molecular weight excluding hydrogens is 417 g/mol. The normalized spacial score (nSPS) is 11.8. The van der Waals surface area contributed by atoms with Crippen LogP contribution in [0.1, 0.15) is 5.56 Å². The van der Waals surface area contributed by atoms with Crippen molar-refractivity contribution in [1.29, 1.82) is 0 Å². The molecule has 160 valence electrons. The van der Waals surface area contributed by atoms with Crippen LogP contribution in [0.3, 0.4) is 0 Å². The number of H-pyrrole nitrogens is 1.